The number of rotatable bonds is 5. The Morgan fingerprint density at radius 2 is 1.89 bits per heavy atom. The van der Waals surface area contributed by atoms with Crippen LogP contribution in [0, 0.1) is 0 Å². The first-order valence-electron chi connectivity index (χ1n) is 5.85. The third kappa shape index (κ3) is 3.06. The van der Waals surface area contributed by atoms with Crippen LogP contribution in [0.4, 0.5) is 5.69 Å². The van der Waals surface area contributed by atoms with E-state index in [1.54, 1.807) is 12.1 Å². The number of nitrogens with one attached hydrogen (secondary N) is 1. The number of carbonyl (C=O) groups is 1. The van der Waals surface area contributed by atoms with Crippen LogP contribution in [0.25, 0.3) is 0 Å². The van der Waals surface area contributed by atoms with Crippen LogP contribution in [0.5, 0.6) is 11.5 Å². The molecule has 0 saturated carbocycles. The Labute approximate surface area is 107 Å². The first kappa shape index (κ1) is 14.2. The van der Waals surface area contributed by atoms with Crippen LogP contribution >= 0.6 is 0 Å². The number of benzene rings is 1. The zero-order valence-electron chi connectivity index (χ0n) is 11.2. The van der Waals surface area contributed by atoms with E-state index in [1.807, 2.05) is 13.8 Å². The Bertz CT molecular complexity index is 432. The van der Waals surface area contributed by atoms with E-state index in [2.05, 4.69) is 5.32 Å². The molecule has 5 nitrogen and oxygen atoms in total. The van der Waals surface area contributed by atoms with Crippen molar-refractivity contribution in [2.75, 3.05) is 20.0 Å². The largest absolute Gasteiger partial charge is 0.493 e. The molecule has 1 atom stereocenters. The molecule has 0 fully saturated rings. The highest BCUT2D eigenvalue weighted by Crippen LogP contribution is 2.31. The number of nitrogens with two attached hydrogens (primary N) is 1. The standard InChI is InChI=1S/C13H20N2O3/c1-5-8(2)15-13(16)9-6-11(17-3)12(18-4)7-10(9)14/h6-8H,5,14H2,1-4H3,(H,15,16). The molecule has 0 aliphatic carbocycles. The minimum atomic E-state index is -0.206. The minimum absolute atomic E-state index is 0.102. The summed E-state index contributed by atoms with van der Waals surface area (Å²) in [6, 6.07) is 3.28. The number of anilines is 1. The molecule has 1 aromatic rings. The van der Waals surface area contributed by atoms with E-state index in [1.165, 1.54) is 14.2 Å². The van der Waals surface area contributed by atoms with Crippen molar-refractivity contribution in [3.8, 4) is 11.5 Å². The van der Waals surface area contributed by atoms with Crippen molar-refractivity contribution < 1.29 is 14.3 Å². The van der Waals surface area contributed by atoms with Gasteiger partial charge in [0.05, 0.1) is 19.8 Å². The van der Waals surface area contributed by atoms with Crippen LogP contribution in [-0.4, -0.2) is 26.2 Å². The number of amides is 1. The molecule has 1 aromatic carbocycles. The molecule has 0 spiro atoms. The van der Waals surface area contributed by atoms with E-state index >= 15 is 0 Å². The molecule has 5 heteroatoms. The number of hydrogen-bond acceptors (Lipinski definition) is 4. The molecule has 0 heterocycles. The predicted molar refractivity (Wildman–Crippen MR) is 71.2 cm³/mol. The Morgan fingerprint density at radius 3 is 2.39 bits per heavy atom. The highest BCUT2D eigenvalue weighted by atomic mass is 16.5. The fourth-order valence-electron chi connectivity index (χ4n) is 1.49. The second kappa shape index (κ2) is 6.14. The molecule has 18 heavy (non-hydrogen) atoms. The van der Waals surface area contributed by atoms with Gasteiger partial charge in [0.15, 0.2) is 11.5 Å². The Kier molecular flexibility index (Phi) is 4.83. The zero-order valence-corrected chi connectivity index (χ0v) is 11.2. The smallest absolute Gasteiger partial charge is 0.253 e. The molecular formula is C13H20N2O3. The summed E-state index contributed by atoms with van der Waals surface area (Å²) < 4.78 is 10.3. The molecular weight excluding hydrogens is 232 g/mol. The van der Waals surface area contributed by atoms with Crippen LogP contribution in [0.2, 0.25) is 0 Å². The summed E-state index contributed by atoms with van der Waals surface area (Å²) in [6.07, 6.45) is 0.860. The number of nitrogen functional groups attached to an aromatic ring is 1. The van der Waals surface area contributed by atoms with Gasteiger partial charge in [0, 0.05) is 17.8 Å². The molecule has 100 valence electrons. The molecule has 0 bridgehead atoms. The lowest BCUT2D eigenvalue weighted by Crippen LogP contribution is -2.32. The number of methoxy groups -OCH3 is 2. The first-order chi connectivity index (χ1) is 8.53. The van der Waals surface area contributed by atoms with Gasteiger partial charge in [-0.3, -0.25) is 4.79 Å². The van der Waals surface area contributed by atoms with E-state index < -0.39 is 0 Å². The number of hydrogen-bond donors (Lipinski definition) is 2. The molecule has 1 unspecified atom stereocenters. The lowest BCUT2D eigenvalue weighted by molar-refractivity contribution is 0.0940. The molecule has 0 aromatic heterocycles. The molecule has 0 aliphatic rings. The Morgan fingerprint density at radius 1 is 1.33 bits per heavy atom. The normalized spacial score (nSPS) is 11.8. The fourth-order valence-corrected chi connectivity index (χ4v) is 1.49. The van der Waals surface area contributed by atoms with E-state index in [0.29, 0.717) is 22.7 Å². The summed E-state index contributed by atoms with van der Waals surface area (Å²) in [5.41, 5.74) is 6.61. The van der Waals surface area contributed by atoms with Crippen LogP contribution in [0.3, 0.4) is 0 Å². The van der Waals surface area contributed by atoms with Crippen molar-refractivity contribution in [2.24, 2.45) is 0 Å². The third-order valence-electron chi connectivity index (χ3n) is 2.79. The molecule has 1 amide bonds. The SMILES string of the molecule is CCC(C)NC(=O)c1cc(OC)c(OC)cc1N. The van der Waals surface area contributed by atoms with Gasteiger partial charge in [0.25, 0.3) is 5.91 Å². The average molecular weight is 252 g/mol. The minimum Gasteiger partial charge on any atom is -0.493 e. The Balaban J connectivity index is 3.05. The van der Waals surface area contributed by atoms with Crippen molar-refractivity contribution in [2.45, 2.75) is 26.3 Å². The maximum atomic E-state index is 12.0. The lowest BCUT2D eigenvalue weighted by atomic mass is 10.1. The van der Waals surface area contributed by atoms with E-state index in [-0.39, 0.29) is 11.9 Å². The van der Waals surface area contributed by atoms with Crippen LogP contribution < -0.4 is 20.5 Å². The summed E-state index contributed by atoms with van der Waals surface area (Å²) in [6.45, 7) is 3.94. The van der Waals surface area contributed by atoms with E-state index in [0.717, 1.165) is 6.42 Å². The van der Waals surface area contributed by atoms with Crippen LogP contribution in [0.15, 0.2) is 12.1 Å². The second-order valence-electron chi connectivity index (χ2n) is 4.08. The molecule has 0 aliphatic heterocycles. The molecule has 3 N–H and O–H groups in total. The topological polar surface area (TPSA) is 73.6 Å². The maximum Gasteiger partial charge on any atom is 0.253 e. The van der Waals surface area contributed by atoms with E-state index in [9.17, 15) is 4.79 Å². The third-order valence-corrected chi connectivity index (χ3v) is 2.79. The monoisotopic (exact) mass is 252 g/mol. The van der Waals surface area contributed by atoms with Crippen molar-refractivity contribution in [1.82, 2.24) is 5.32 Å². The predicted octanol–water partition coefficient (Wildman–Crippen LogP) is 1.81. The van der Waals surface area contributed by atoms with Gasteiger partial charge < -0.3 is 20.5 Å². The van der Waals surface area contributed by atoms with Gasteiger partial charge in [-0.1, -0.05) is 6.92 Å². The van der Waals surface area contributed by atoms with Crippen molar-refractivity contribution in [3.05, 3.63) is 17.7 Å². The zero-order chi connectivity index (χ0) is 13.7. The van der Waals surface area contributed by atoms with Gasteiger partial charge in [0.1, 0.15) is 0 Å². The quantitative estimate of drug-likeness (QED) is 0.784. The van der Waals surface area contributed by atoms with Gasteiger partial charge >= 0.3 is 0 Å². The van der Waals surface area contributed by atoms with Crippen LogP contribution in [-0.2, 0) is 0 Å². The molecule has 1 rings (SSSR count). The number of carbonyl (C=O) groups excluding carboxylic acids is 1. The lowest BCUT2D eigenvalue weighted by Gasteiger charge is -2.15. The van der Waals surface area contributed by atoms with E-state index in [4.69, 9.17) is 15.2 Å². The highest BCUT2D eigenvalue weighted by molar-refractivity contribution is 6.00. The van der Waals surface area contributed by atoms with Crippen molar-refractivity contribution in [1.29, 1.82) is 0 Å². The van der Waals surface area contributed by atoms with Crippen molar-refractivity contribution in [3.63, 3.8) is 0 Å². The van der Waals surface area contributed by atoms with Gasteiger partial charge in [-0.25, -0.2) is 0 Å². The van der Waals surface area contributed by atoms with Gasteiger partial charge in [-0.2, -0.15) is 0 Å². The summed E-state index contributed by atoms with van der Waals surface area (Å²) >= 11 is 0. The highest BCUT2D eigenvalue weighted by Gasteiger charge is 2.16. The van der Waals surface area contributed by atoms with Gasteiger partial charge in [-0.05, 0) is 19.4 Å². The number of ether oxygens (including phenoxy) is 2. The van der Waals surface area contributed by atoms with Gasteiger partial charge in [0.2, 0.25) is 0 Å². The molecule has 0 saturated heterocycles. The van der Waals surface area contributed by atoms with Crippen LogP contribution in [0.1, 0.15) is 30.6 Å². The fraction of sp³-hybridized carbons (Fsp3) is 0.462. The summed E-state index contributed by atoms with van der Waals surface area (Å²) in [5, 5.41) is 2.86. The Hall–Kier alpha value is -1.91. The first-order valence-corrected chi connectivity index (χ1v) is 5.85. The second-order valence-corrected chi connectivity index (χ2v) is 4.08. The summed E-state index contributed by atoms with van der Waals surface area (Å²) in [4.78, 5) is 12.0. The summed E-state index contributed by atoms with van der Waals surface area (Å²) in [5.74, 6) is 0.791. The maximum absolute atomic E-state index is 12.0. The van der Waals surface area contributed by atoms with Crippen molar-refractivity contribution >= 4 is 11.6 Å². The average Bonchev–Trinajstić information content (AvgIpc) is 2.37. The molecule has 0 radical (unpaired) electrons. The van der Waals surface area contributed by atoms with Gasteiger partial charge in [-0.15, -0.1) is 0 Å². The summed E-state index contributed by atoms with van der Waals surface area (Å²) in [7, 11) is 3.04.